The van der Waals surface area contributed by atoms with E-state index in [-0.39, 0.29) is 29.2 Å². The zero-order valence-electron chi connectivity index (χ0n) is 17.7. The number of halogens is 2. The fourth-order valence-corrected chi connectivity index (χ4v) is 4.17. The molecule has 2 aromatic carbocycles. The van der Waals surface area contributed by atoms with Crippen LogP contribution in [-0.4, -0.2) is 41.9 Å². The Morgan fingerprint density at radius 1 is 1.09 bits per heavy atom. The van der Waals surface area contributed by atoms with Crippen LogP contribution in [0.15, 0.2) is 30.3 Å². The van der Waals surface area contributed by atoms with E-state index in [0.717, 1.165) is 35.2 Å². The molecule has 0 N–H and O–H groups in total. The number of carbonyl (C=O) groups excluding carboxylic acids is 4. The highest BCUT2D eigenvalue weighted by molar-refractivity contribution is 6.34. The fourth-order valence-electron chi connectivity index (χ4n) is 4.17. The summed E-state index contributed by atoms with van der Waals surface area (Å²) in [5, 5.41) is 0. The first kappa shape index (κ1) is 21.0. The number of fused-ring (bicyclic) bond motifs is 2. The first-order valence-corrected chi connectivity index (χ1v) is 10.4. The molecule has 3 amide bonds. The Labute approximate surface area is 186 Å². The van der Waals surface area contributed by atoms with Crippen LogP contribution in [0.3, 0.4) is 0 Å². The normalized spacial score (nSPS) is 18.7. The van der Waals surface area contributed by atoms with E-state index in [1.54, 1.807) is 6.92 Å². The molecule has 1 atom stereocenters. The summed E-state index contributed by atoms with van der Waals surface area (Å²) in [6.07, 6.45) is 0.815. The topological polar surface area (TPSA) is 93.2 Å². The Bertz CT molecular complexity index is 1260. The molecule has 1 spiro atoms. The van der Waals surface area contributed by atoms with Gasteiger partial charge in [-0.05, 0) is 38.1 Å². The van der Waals surface area contributed by atoms with Gasteiger partial charge in [0.1, 0.15) is 17.6 Å². The number of nitrogens with zero attached hydrogens (tertiary/aromatic N) is 2. The molecule has 0 saturated heterocycles. The van der Waals surface area contributed by atoms with E-state index in [2.05, 4.69) is 0 Å². The zero-order valence-corrected chi connectivity index (χ0v) is 17.7. The lowest BCUT2D eigenvalue weighted by atomic mass is 10.1. The van der Waals surface area contributed by atoms with Crippen LogP contribution < -0.4 is 14.5 Å². The average molecular weight is 456 g/mol. The van der Waals surface area contributed by atoms with E-state index >= 15 is 4.39 Å². The third kappa shape index (κ3) is 3.00. The van der Waals surface area contributed by atoms with Gasteiger partial charge in [-0.15, -0.1) is 0 Å². The molecule has 0 radical (unpaired) electrons. The van der Waals surface area contributed by atoms with E-state index in [1.807, 2.05) is 0 Å². The summed E-state index contributed by atoms with van der Waals surface area (Å²) < 4.78 is 39.6. The van der Waals surface area contributed by atoms with Gasteiger partial charge in [0.2, 0.25) is 0 Å². The number of esters is 1. The lowest BCUT2D eigenvalue weighted by Gasteiger charge is -2.37. The maximum atomic E-state index is 15.2. The van der Waals surface area contributed by atoms with Gasteiger partial charge in [-0.2, -0.15) is 0 Å². The zero-order chi connectivity index (χ0) is 23.7. The summed E-state index contributed by atoms with van der Waals surface area (Å²) in [4.78, 5) is 53.1. The Morgan fingerprint density at radius 2 is 1.79 bits per heavy atom. The van der Waals surface area contributed by atoms with Crippen molar-refractivity contribution >= 4 is 35.1 Å². The van der Waals surface area contributed by atoms with Crippen molar-refractivity contribution in [3.05, 3.63) is 53.1 Å². The van der Waals surface area contributed by atoms with Crippen molar-refractivity contribution in [2.45, 2.75) is 38.3 Å². The maximum Gasteiger partial charge on any atom is 0.328 e. The third-order valence-corrected chi connectivity index (χ3v) is 6.01. The first-order valence-electron chi connectivity index (χ1n) is 10.4. The summed E-state index contributed by atoms with van der Waals surface area (Å²) in [6.45, 7) is 3.19. The fraction of sp³-hybridized carbons (Fsp3) is 0.304. The lowest BCUT2D eigenvalue weighted by Crippen LogP contribution is -2.54. The molecule has 2 aliphatic heterocycles. The minimum Gasteiger partial charge on any atom is -0.475 e. The van der Waals surface area contributed by atoms with Crippen molar-refractivity contribution in [1.29, 1.82) is 0 Å². The Balaban J connectivity index is 1.62. The molecule has 1 aliphatic carbocycles. The van der Waals surface area contributed by atoms with E-state index in [9.17, 15) is 23.6 Å². The molecule has 0 bridgehead atoms. The second-order valence-corrected chi connectivity index (χ2v) is 8.11. The molecule has 170 valence electrons. The van der Waals surface area contributed by atoms with Gasteiger partial charge in [-0.1, -0.05) is 0 Å². The molecule has 2 heterocycles. The first-order chi connectivity index (χ1) is 15.7. The van der Waals surface area contributed by atoms with E-state index in [4.69, 9.17) is 9.47 Å². The molecular formula is C23H18F2N2O6. The Kier molecular flexibility index (Phi) is 4.52. The number of rotatable bonds is 4. The maximum absolute atomic E-state index is 15.2. The monoisotopic (exact) mass is 456 g/mol. The number of anilines is 2. The van der Waals surface area contributed by atoms with Crippen molar-refractivity contribution < 1.29 is 37.4 Å². The standard InChI is InChI=1S/C23H18F2N2O6/c1-3-32-21(30)11(2)26-17-10-16(15(25)9-18(17)33-23(6-7-23)22(26)31)27-19(28)13-5-4-12(24)8-14(13)20(27)29/h4-5,8-11H,3,6-7H2,1-2H3. The number of ether oxygens (including phenoxy) is 2. The van der Waals surface area contributed by atoms with Crippen LogP contribution >= 0.6 is 0 Å². The molecule has 1 saturated carbocycles. The molecule has 33 heavy (non-hydrogen) atoms. The molecule has 8 nitrogen and oxygen atoms in total. The van der Waals surface area contributed by atoms with Gasteiger partial charge in [-0.25, -0.2) is 18.5 Å². The average Bonchev–Trinajstić information content (AvgIpc) is 3.50. The predicted molar refractivity (Wildman–Crippen MR) is 110 cm³/mol. The smallest absolute Gasteiger partial charge is 0.328 e. The molecule has 5 rings (SSSR count). The summed E-state index contributed by atoms with van der Waals surface area (Å²) in [5.41, 5.74) is -1.85. The van der Waals surface area contributed by atoms with Gasteiger partial charge in [0.05, 0.1) is 29.1 Å². The highest BCUT2D eigenvalue weighted by atomic mass is 19.1. The van der Waals surface area contributed by atoms with Crippen molar-refractivity contribution in [2.24, 2.45) is 0 Å². The van der Waals surface area contributed by atoms with Gasteiger partial charge in [0.15, 0.2) is 11.4 Å². The molecule has 1 unspecified atom stereocenters. The van der Waals surface area contributed by atoms with Crippen LogP contribution in [0.4, 0.5) is 20.2 Å². The molecule has 0 aromatic heterocycles. The quantitative estimate of drug-likeness (QED) is 0.519. The number of benzene rings is 2. The van der Waals surface area contributed by atoms with Crippen LogP contribution in [0.5, 0.6) is 5.75 Å². The predicted octanol–water partition coefficient (Wildman–Crippen LogP) is 2.98. The summed E-state index contributed by atoms with van der Waals surface area (Å²) in [5.74, 6) is -4.55. The van der Waals surface area contributed by atoms with Crippen molar-refractivity contribution in [3.8, 4) is 5.75 Å². The van der Waals surface area contributed by atoms with Crippen LogP contribution in [0.2, 0.25) is 0 Å². The van der Waals surface area contributed by atoms with Crippen LogP contribution in [0.25, 0.3) is 0 Å². The Hall–Kier alpha value is -3.82. The molecule has 3 aliphatic rings. The highest BCUT2D eigenvalue weighted by Crippen LogP contribution is 2.51. The second kappa shape index (κ2) is 7.09. The van der Waals surface area contributed by atoms with Gasteiger partial charge < -0.3 is 9.47 Å². The lowest BCUT2D eigenvalue weighted by molar-refractivity contribution is -0.146. The number of imide groups is 1. The molecular weight excluding hydrogens is 438 g/mol. The number of carbonyl (C=O) groups is 4. The minimum atomic E-state index is -1.17. The third-order valence-electron chi connectivity index (χ3n) is 6.01. The second-order valence-electron chi connectivity index (χ2n) is 8.11. The number of amides is 3. The van der Waals surface area contributed by atoms with Crippen LogP contribution in [0, 0.1) is 11.6 Å². The van der Waals surface area contributed by atoms with Gasteiger partial charge in [0.25, 0.3) is 17.7 Å². The highest BCUT2D eigenvalue weighted by Gasteiger charge is 2.59. The van der Waals surface area contributed by atoms with E-state index < -0.39 is 52.7 Å². The SMILES string of the molecule is CCOC(=O)C(C)N1C(=O)C2(CC2)Oc2cc(F)c(N3C(=O)c4ccc(F)cc4C3=O)cc21. The largest absolute Gasteiger partial charge is 0.475 e. The van der Waals surface area contributed by atoms with E-state index in [1.165, 1.54) is 6.92 Å². The molecule has 1 fully saturated rings. The number of hydrogen-bond acceptors (Lipinski definition) is 6. The Morgan fingerprint density at radius 3 is 2.45 bits per heavy atom. The minimum absolute atomic E-state index is 0.00662. The van der Waals surface area contributed by atoms with Crippen LogP contribution in [0.1, 0.15) is 47.4 Å². The summed E-state index contributed by atoms with van der Waals surface area (Å²) in [6, 6.07) is 4.12. The van der Waals surface area contributed by atoms with Crippen molar-refractivity contribution in [2.75, 3.05) is 16.4 Å². The molecule has 10 heteroatoms. The van der Waals surface area contributed by atoms with Crippen molar-refractivity contribution in [3.63, 3.8) is 0 Å². The summed E-state index contributed by atoms with van der Waals surface area (Å²) >= 11 is 0. The van der Waals surface area contributed by atoms with Crippen molar-refractivity contribution in [1.82, 2.24) is 0 Å². The summed E-state index contributed by atoms with van der Waals surface area (Å²) in [7, 11) is 0. The van der Waals surface area contributed by atoms with Crippen LogP contribution in [-0.2, 0) is 14.3 Å². The molecule has 2 aromatic rings. The van der Waals surface area contributed by atoms with Gasteiger partial charge in [0, 0.05) is 18.9 Å². The number of hydrogen-bond donors (Lipinski definition) is 0. The van der Waals surface area contributed by atoms with Gasteiger partial charge in [-0.3, -0.25) is 19.3 Å². The van der Waals surface area contributed by atoms with Gasteiger partial charge >= 0.3 is 5.97 Å². The van der Waals surface area contributed by atoms with E-state index in [0.29, 0.717) is 17.7 Å².